The molecule has 140 valence electrons. The van der Waals surface area contributed by atoms with Gasteiger partial charge in [-0.2, -0.15) is 0 Å². The molecule has 0 bridgehead atoms. The second kappa shape index (κ2) is 8.62. The van der Waals surface area contributed by atoms with Crippen molar-refractivity contribution in [2.75, 3.05) is 26.9 Å². The Morgan fingerprint density at radius 2 is 1.65 bits per heavy atom. The summed E-state index contributed by atoms with van der Waals surface area (Å²) < 4.78 is 24.1. The predicted molar refractivity (Wildman–Crippen MR) is 98.5 cm³/mol. The highest BCUT2D eigenvalue weighted by atomic mass is 19.1. The first kappa shape index (κ1) is 18.8. The zero-order chi connectivity index (χ0) is 18.4. The number of nitrogens with zero attached hydrogens (tertiary/aromatic N) is 1. The Morgan fingerprint density at radius 3 is 2.27 bits per heavy atom. The van der Waals surface area contributed by atoms with Crippen LogP contribution in [0.5, 0.6) is 5.75 Å². The molecule has 0 unspecified atom stereocenters. The summed E-state index contributed by atoms with van der Waals surface area (Å²) in [5.41, 5.74) is 1.90. The maximum Gasteiger partial charge on any atom is 0.123 e. The average Bonchev–Trinajstić information content (AvgIpc) is 2.69. The quantitative estimate of drug-likeness (QED) is 0.823. The third kappa shape index (κ3) is 4.61. The average molecular weight is 359 g/mol. The molecule has 2 aromatic carbocycles. The van der Waals surface area contributed by atoms with Crippen LogP contribution in [-0.2, 0) is 17.9 Å². The number of ether oxygens (including phenoxy) is 2. The van der Waals surface area contributed by atoms with E-state index in [1.807, 2.05) is 24.3 Å². The molecule has 5 heteroatoms. The first-order chi connectivity index (χ1) is 12.6. The molecular weight excluding hydrogens is 333 g/mol. The third-order valence-corrected chi connectivity index (χ3v) is 5.19. The summed E-state index contributed by atoms with van der Waals surface area (Å²) in [4.78, 5) is 2.23. The zero-order valence-electron chi connectivity index (χ0n) is 15.2. The van der Waals surface area contributed by atoms with Gasteiger partial charge in [-0.1, -0.05) is 24.3 Å². The van der Waals surface area contributed by atoms with Crippen LogP contribution in [0.2, 0.25) is 0 Å². The SMILES string of the molecule is CN(Cc1ccc(OCc2ccc(F)cc2)cc1)C1(CO)CCOCC1. The Hall–Kier alpha value is -1.95. The molecule has 3 rings (SSSR count). The molecule has 1 aliphatic heterocycles. The molecule has 1 aliphatic rings. The molecule has 0 aromatic heterocycles. The lowest BCUT2D eigenvalue weighted by Crippen LogP contribution is -2.52. The molecule has 0 saturated carbocycles. The molecule has 1 fully saturated rings. The van der Waals surface area contributed by atoms with Gasteiger partial charge in [0, 0.05) is 25.3 Å². The largest absolute Gasteiger partial charge is 0.489 e. The van der Waals surface area contributed by atoms with Gasteiger partial charge in [-0.15, -0.1) is 0 Å². The number of aliphatic hydroxyl groups excluding tert-OH is 1. The molecule has 26 heavy (non-hydrogen) atoms. The van der Waals surface area contributed by atoms with Crippen molar-refractivity contribution in [3.8, 4) is 5.75 Å². The fourth-order valence-electron chi connectivity index (χ4n) is 3.29. The standard InChI is InChI=1S/C21H26FNO3/c1-23(21(16-24)10-12-25-13-11-21)14-17-4-8-20(9-5-17)26-15-18-2-6-19(22)7-3-18/h2-9,24H,10-16H2,1H3. The minimum Gasteiger partial charge on any atom is -0.489 e. The molecule has 1 saturated heterocycles. The number of hydrogen-bond donors (Lipinski definition) is 1. The van der Waals surface area contributed by atoms with Crippen molar-refractivity contribution in [1.29, 1.82) is 0 Å². The fourth-order valence-corrected chi connectivity index (χ4v) is 3.29. The lowest BCUT2D eigenvalue weighted by atomic mass is 9.89. The Labute approximate surface area is 154 Å². The smallest absolute Gasteiger partial charge is 0.123 e. The Balaban J connectivity index is 1.56. The van der Waals surface area contributed by atoms with Crippen LogP contribution in [0.4, 0.5) is 4.39 Å². The summed E-state index contributed by atoms with van der Waals surface area (Å²) in [5.74, 6) is 0.538. The minimum absolute atomic E-state index is 0.145. The van der Waals surface area contributed by atoms with E-state index in [9.17, 15) is 9.50 Å². The fraction of sp³-hybridized carbons (Fsp3) is 0.429. The van der Waals surface area contributed by atoms with E-state index in [0.717, 1.165) is 30.7 Å². The molecule has 0 radical (unpaired) electrons. The van der Waals surface area contributed by atoms with Crippen molar-refractivity contribution in [2.24, 2.45) is 0 Å². The zero-order valence-corrected chi connectivity index (χ0v) is 15.2. The van der Waals surface area contributed by atoms with Crippen molar-refractivity contribution in [2.45, 2.75) is 31.5 Å². The van der Waals surface area contributed by atoms with Gasteiger partial charge in [0.15, 0.2) is 0 Å². The predicted octanol–water partition coefficient (Wildman–Crippen LogP) is 3.38. The topological polar surface area (TPSA) is 41.9 Å². The molecule has 0 atom stereocenters. The number of aliphatic hydroxyl groups is 1. The summed E-state index contributed by atoms with van der Waals surface area (Å²) in [6.07, 6.45) is 1.69. The van der Waals surface area contributed by atoms with Gasteiger partial charge in [-0.25, -0.2) is 4.39 Å². The molecule has 1 N–H and O–H groups in total. The highest BCUT2D eigenvalue weighted by Gasteiger charge is 2.35. The number of likely N-dealkylation sites (N-methyl/N-ethyl adjacent to an activating group) is 1. The van der Waals surface area contributed by atoms with E-state index in [-0.39, 0.29) is 18.0 Å². The monoisotopic (exact) mass is 359 g/mol. The molecule has 0 spiro atoms. The van der Waals surface area contributed by atoms with E-state index in [1.165, 1.54) is 17.7 Å². The molecule has 4 nitrogen and oxygen atoms in total. The maximum absolute atomic E-state index is 12.9. The number of rotatable bonds is 7. The second-order valence-electron chi connectivity index (χ2n) is 6.91. The first-order valence-electron chi connectivity index (χ1n) is 8.97. The summed E-state index contributed by atoms with van der Waals surface area (Å²) in [7, 11) is 2.06. The van der Waals surface area contributed by atoms with Gasteiger partial charge in [0.25, 0.3) is 0 Å². The van der Waals surface area contributed by atoms with Crippen LogP contribution >= 0.6 is 0 Å². The van der Waals surface area contributed by atoms with Crippen LogP contribution in [0.25, 0.3) is 0 Å². The van der Waals surface area contributed by atoms with Gasteiger partial charge in [0.1, 0.15) is 18.2 Å². The number of halogens is 1. The maximum atomic E-state index is 12.9. The van der Waals surface area contributed by atoms with E-state index < -0.39 is 0 Å². The highest BCUT2D eigenvalue weighted by Crippen LogP contribution is 2.28. The number of benzene rings is 2. The molecular formula is C21H26FNO3. The summed E-state index contributed by atoms with van der Waals surface area (Å²) in [6, 6.07) is 14.3. The van der Waals surface area contributed by atoms with E-state index in [4.69, 9.17) is 9.47 Å². The minimum atomic E-state index is -0.243. The van der Waals surface area contributed by atoms with Gasteiger partial charge < -0.3 is 14.6 Å². The third-order valence-electron chi connectivity index (χ3n) is 5.19. The number of hydrogen-bond acceptors (Lipinski definition) is 4. The first-order valence-corrected chi connectivity index (χ1v) is 8.97. The molecule has 2 aromatic rings. The van der Waals surface area contributed by atoms with Crippen molar-refractivity contribution in [1.82, 2.24) is 4.90 Å². The van der Waals surface area contributed by atoms with Crippen LogP contribution in [0.3, 0.4) is 0 Å². The molecule has 1 heterocycles. The second-order valence-corrected chi connectivity index (χ2v) is 6.91. The van der Waals surface area contributed by atoms with Gasteiger partial charge >= 0.3 is 0 Å². The van der Waals surface area contributed by atoms with E-state index in [1.54, 1.807) is 12.1 Å². The van der Waals surface area contributed by atoms with Crippen LogP contribution in [0.1, 0.15) is 24.0 Å². The van der Waals surface area contributed by atoms with Gasteiger partial charge in [0.05, 0.1) is 6.61 Å². The summed E-state index contributed by atoms with van der Waals surface area (Å²) in [5, 5.41) is 9.89. The van der Waals surface area contributed by atoms with E-state index >= 15 is 0 Å². The van der Waals surface area contributed by atoms with Crippen LogP contribution in [0, 0.1) is 5.82 Å². The lowest BCUT2D eigenvalue weighted by Gasteiger charge is -2.43. The van der Waals surface area contributed by atoms with E-state index in [2.05, 4.69) is 11.9 Å². The van der Waals surface area contributed by atoms with Crippen molar-refractivity contribution in [3.05, 3.63) is 65.5 Å². The van der Waals surface area contributed by atoms with Crippen molar-refractivity contribution >= 4 is 0 Å². The van der Waals surface area contributed by atoms with Gasteiger partial charge in [0.2, 0.25) is 0 Å². The Kier molecular flexibility index (Phi) is 6.25. The Morgan fingerprint density at radius 1 is 1.04 bits per heavy atom. The van der Waals surface area contributed by atoms with Crippen molar-refractivity contribution < 1.29 is 19.0 Å². The van der Waals surface area contributed by atoms with Gasteiger partial charge in [-0.3, -0.25) is 4.90 Å². The van der Waals surface area contributed by atoms with Crippen LogP contribution < -0.4 is 4.74 Å². The molecule has 0 aliphatic carbocycles. The van der Waals surface area contributed by atoms with Crippen molar-refractivity contribution in [3.63, 3.8) is 0 Å². The Bertz CT molecular complexity index is 681. The van der Waals surface area contributed by atoms with Crippen LogP contribution in [-0.4, -0.2) is 42.4 Å². The normalized spacial score (nSPS) is 16.6. The summed E-state index contributed by atoms with van der Waals surface area (Å²) >= 11 is 0. The van der Waals surface area contributed by atoms with Gasteiger partial charge in [-0.05, 0) is 55.3 Å². The van der Waals surface area contributed by atoms with E-state index in [0.29, 0.717) is 19.8 Å². The van der Waals surface area contributed by atoms with Crippen LogP contribution in [0.15, 0.2) is 48.5 Å². The molecule has 0 amide bonds. The summed E-state index contributed by atoms with van der Waals surface area (Å²) in [6.45, 7) is 2.71. The highest BCUT2D eigenvalue weighted by molar-refractivity contribution is 5.28. The lowest BCUT2D eigenvalue weighted by molar-refractivity contribution is -0.0493.